The van der Waals surface area contributed by atoms with Crippen LogP contribution in [0, 0.1) is 0 Å². The first-order chi connectivity index (χ1) is 4.98. The highest BCUT2D eigenvalue weighted by Crippen LogP contribution is 2.15. The number of rotatable bonds is 3. The van der Waals surface area contributed by atoms with Crippen molar-refractivity contribution in [2.75, 3.05) is 6.54 Å². The van der Waals surface area contributed by atoms with Crippen molar-refractivity contribution in [1.29, 1.82) is 0 Å². The summed E-state index contributed by atoms with van der Waals surface area (Å²) < 4.78 is 34.3. The quantitative estimate of drug-likeness (QED) is 0.641. The molecular weight excluding hydrogens is 159 g/mol. The third kappa shape index (κ3) is 4.41. The van der Waals surface area contributed by atoms with Gasteiger partial charge in [0.15, 0.2) is 0 Å². The number of nitrogens with one attached hydrogen (secondary N) is 1. The molecule has 2 nitrogen and oxygen atoms in total. The lowest BCUT2D eigenvalue weighted by molar-refractivity contribution is -0.165. The number of carbonyl (C=O) groups excluding carboxylic acids is 1. The van der Waals surface area contributed by atoms with E-state index in [1.807, 2.05) is 0 Å². The van der Waals surface area contributed by atoms with Crippen LogP contribution in [-0.2, 0) is 4.79 Å². The van der Waals surface area contributed by atoms with Gasteiger partial charge in [0.05, 0.1) is 0 Å². The maximum atomic E-state index is 11.4. The second kappa shape index (κ2) is 4.00. The summed E-state index contributed by atoms with van der Waals surface area (Å²) in [7, 11) is 0. The van der Waals surface area contributed by atoms with Crippen LogP contribution in [0.5, 0.6) is 0 Å². The first-order valence-electron chi connectivity index (χ1n) is 2.99. The normalized spacial score (nSPS) is 12.0. The van der Waals surface area contributed by atoms with Gasteiger partial charge in [0, 0.05) is 18.8 Å². The van der Waals surface area contributed by atoms with Crippen LogP contribution >= 0.6 is 0 Å². The Morgan fingerprint density at radius 1 is 1.55 bits per heavy atom. The van der Waals surface area contributed by atoms with Gasteiger partial charge in [-0.25, -0.2) is 0 Å². The van der Waals surface area contributed by atoms with E-state index in [2.05, 4.69) is 5.32 Å². The molecule has 0 bridgehead atoms. The number of hydrogen-bond donors (Lipinski definition) is 1. The SMILES string of the molecule is CCN/C=C/C(=O)C(F)(F)F. The number of alkyl halides is 3. The molecule has 0 aromatic carbocycles. The molecule has 0 saturated heterocycles. The summed E-state index contributed by atoms with van der Waals surface area (Å²) in [4.78, 5) is 10.1. The Bertz CT molecular complexity index is 162. The van der Waals surface area contributed by atoms with Gasteiger partial charge in [0.1, 0.15) is 0 Å². The fourth-order valence-corrected chi connectivity index (χ4v) is 0.347. The van der Waals surface area contributed by atoms with Crippen LogP contribution in [0.3, 0.4) is 0 Å². The summed E-state index contributed by atoms with van der Waals surface area (Å²) in [5, 5.41) is 2.45. The van der Waals surface area contributed by atoms with Gasteiger partial charge in [0.25, 0.3) is 5.78 Å². The molecular formula is C6H8F3NO. The number of hydrogen-bond acceptors (Lipinski definition) is 2. The smallest absolute Gasteiger partial charge is 0.391 e. The van der Waals surface area contributed by atoms with Gasteiger partial charge in [-0.3, -0.25) is 4.79 Å². The van der Waals surface area contributed by atoms with Gasteiger partial charge in [-0.1, -0.05) is 0 Å². The molecule has 11 heavy (non-hydrogen) atoms. The van der Waals surface area contributed by atoms with E-state index in [9.17, 15) is 18.0 Å². The van der Waals surface area contributed by atoms with Gasteiger partial charge in [0.2, 0.25) is 0 Å². The average molecular weight is 167 g/mol. The predicted molar refractivity (Wildman–Crippen MR) is 33.9 cm³/mol. The van der Waals surface area contributed by atoms with E-state index < -0.39 is 12.0 Å². The van der Waals surface area contributed by atoms with Gasteiger partial charge in [-0.2, -0.15) is 13.2 Å². The highest BCUT2D eigenvalue weighted by molar-refractivity contribution is 5.94. The Kier molecular flexibility index (Phi) is 3.64. The van der Waals surface area contributed by atoms with Crippen molar-refractivity contribution < 1.29 is 18.0 Å². The summed E-state index contributed by atoms with van der Waals surface area (Å²) in [6.45, 7) is 2.20. The molecule has 1 N–H and O–H groups in total. The van der Waals surface area contributed by atoms with Crippen LogP contribution in [0.4, 0.5) is 13.2 Å². The van der Waals surface area contributed by atoms with Crippen LogP contribution in [0.15, 0.2) is 12.3 Å². The van der Waals surface area contributed by atoms with Crippen LogP contribution in [-0.4, -0.2) is 18.5 Å². The van der Waals surface area contributed by atoms with Crippen molar-refractivity contribution in [3.63, 3.8) is 0 Å². The van der Waals surface area contributed by atoms with Crippen molar-refractivity contribution in [1.82, 2.24) is 5.32 Å². The highest BCUT2D eigenvalue weighted by atomic mass is 19.4. The fraction of sp³-hybridized carbons (Fsp3) is 0.500. The second-order valence-corrected chi connectivity index (χ2v) is 1.75. The van der Waals surface area contributed by atoms with Crippen molar-refractivity contribution in [2.45, 2.75) is 13.1 Å². The van der Waals surface area contributed by atoms with Gasteiger partial charge >= 0.3 is 6.18 Å². The molecule has 0 aromatic rings. The third-order valence-corrected chi connectivity index (χ3v) is 0.836. The Labute approximate surface area is 62.1 Å². The zero-order valence-electron chi connectivity index (χ0n) is 5.90. The van der Waals surface area contributed by atoms with Crippen molar-refractivity contribution in [3.05, 3.63) is 12.3 Å². The first-order valence-corrected chi connectivity index (χ1v) is 2.99. The summed E-state index contributed by atoms with van der Waals surface area (Å²) in [5.41, 5.74) is 0. The van der Waals surface area contributed by atoms with E-state index in [1.165, 1.54) is 0 Å². The summed E-state index contributed by atoms with van der Waals surface area (Å²) in [6.07, 6.45) is -3.31. The Morgan fingerprint density at radius 2 is 2.09 bits per heavy atom. The first kappa shape index (κ1) is 10.0. The van der Waals surface area contributed by atoms with E-state index in [0.29, 0.717) is 12.6 Å². The van der Waals surface area contributed by atoms with Gasteiger partial charge in [-0.05, 0) is 6.92 Å². The molecule has 0 aromatic heterocycles. The lowest BCUT2D eigenvalue weighted by atomic mass is 10.4. The molecule has 5 heteroatoms. The lowest BCUT2D eigenvalue weighted by Crippen LogP contribution is -2.20. The molecule has 0 atom stereocenters. The number of carbonyl (C=O) groups is 1. The molecule has 0 heterocycles. The molecule has 0 unspecified atom stereocenters. The number of allylic oxidation sites excluding steroid dienone is 1. The maximum absolute atomic E-state index is 11.4. The van der Waals surface area contributed by atoms with Crippen molar-refractivity contribution in [3.8, 4) is 0 Å². The summed E-state index contributed by atoms with van der Waals surface area (Å²) in [5.74, 6) is -1.85. The molecule has 0 saturated carbocycles. The zero-order valence-corrected chi connectivity index (χ0v) is 5.90. The van der Waals surface area contributed by atoms with E-state index in [0.717, 1.165) is 6.20 Å². The molecule has 0 aliphatic heterocycles. The highest BCUT2D eigenvalue weighted by Gasteiger charge is 2.35. The summed E-state index contributed by atoms with van der Waals surface area (Å²) in [6, 6.07) is 0. The standard InChI is InChI=1S/C6H8F3NO/c1-2-10-4-3-5(11)6(7,8)9/h3-4,10H,2H2,1H3/b4-3+. The molecule has 0 aliphatic rings. The Balaban J connectivity index is 3.88. The molecule has 0 aliphatic carbocycles. The predicted octanol–water partition coefficient (Wildman–Crippen LogP) is 1.24. The maximum Gasteiger partial charge on any atom is 0.454 e. The molecule has 0 amide bonds. The zero-order chi connectivity index (χ0) is 8.91. The van der Waals surface area contributed by atoms with E-state index in [-0.39, 0.29) is 0 Å². The minimum absolute atomic E-state index is 0.462. The molecule has 64 valence electrons. The van der Waals surface area contributed by atoms with Crippen molar-refractivity contribution in [2.24, 2.45) is 0 Å². The lowest BCUT2D eigenvalue weighted by Gasteiger charge is -1.99. The van der Waals surface area contributed by atoms with Crippen LogP contribution in [0.25, 0.3) is 0 Å². The molecule has 0 rings (SSSR count). The van der Waals surface area contributed by atoms with Gasteiger partial charge in [-0.15, -0.1) is 0 Å². The molecule has 0 radical (unpaired) electrons. The topological polar surface area (TPSA) is 29.1 Å². The minimum Gasteiger partial charge on any atom is -0.391 e. The van der Waals surface area contributed by atoms with E-state index in [4.69, 9.17) is 0 Å². The van der Waals surface area contributed by atoms with Crippen molar-refractivity contribution >= 4 is 5.78 Å². The molecule has 0 spiro atoms. The minimum atomic E-state index is -4.76. The van der Waals surface area contributed by atoms with Gasteiger partial charge < -0.3 is 5.32 Å². The third-order valence-electron chi connectivity index (χ3n) is 0.836. The number of halogens is 3. The number of ketones is 1. The van der Waals surface area contributed by atoms with Crippen LogP contribution < -0.4 is 5.32 Å². The second-order valence-electron chi connectivity index (χ2n) is 1.75. The summed E-state index contributed by atoms with van der Waals surface area (Å²) >= 11 is 0. The van der Waals surface area contributed by atoms with Crippen LogP contribution in [0.2, 0.25) is 0 Å². The van der Waals surface area contributed by atoms with E-state index >= 15 is 0 Å². The average Bonchev–Trinajstić information content (AvgIpc) is 1.86. The Morgan fingerprint density at radius 3 is 2.45 bits per heavy atom. The van der Waals surface area contributed by atoms with E-state index in [1.54, 1.807) is 6.92 Å². The largest absolute Gasteiger partial charge is 0.454 e. The van der Waals surface area contributed by atoms with Crippen LogP contribution in [0.1, 0.15) is 6.92 Å². The fourth-order valence-electron chi connectivity index (χ4n) is 0.347. The molecule has 0 fully saturated rings. The Hall–Kier alpha value is -1.00. The monoisotopic (exact) mass is 167 g/mol.